The highest BCUT2D eigenvalue weighted by atomic mass is 14.2. The maximum absolute atomic E-state index is 3.97. The van der Waals surface area contributed by atoms with E-state index >= 15 is 0 Å². The Bertz CT molecular complexity index is 335. The summed E-state index contributed by atoms with van der Waals surface area (Å²) in [6.45, 7) is 6.03. The van der Waals surface area contributed by atoms with Crippen molar-refractivity contribution in [1.82, 2.24) is 0 Å². The van der Waals surface area contributed by atoms with Crippen LogP contribution in [0.25, 0.3) is 11.1 Å². The Morgan fingerprint density at radius 1 is 1.33 bits per heavy atom. The third-order valence-corrected chi connectivity index (χ3v) is 2.14. The van der Waals surface area contributed by atoms with Gasteiger partial charge in [-0.2, -0.15) is 0 Å². The average molecular weight is 156 g/mol. The van der Waals surface area contributed by atoms with E-state index in [1.54, 1.807) is 0 Å². The quantitative estimate of drug-likeness (QED) is 0.614. The fourth-order valence-corrected chi connectivity index (χ4v) is 1.41. The summed E-state index contributed by atoms with van der Waals surface area (Å²) in [7, 11) is 0. The predicted molar refractivity (Wildman–Crippen MR) is 53.7 cm³/mol. The van der Waals surface area contributed by atoms with E-state index < -0.39 is 0 Å². The second kappa shape index (κ2) is 2.63. The molecule has 0 atom stereocenters. The summed E-state index contributed by atoms with van der Waals surface area (Å²) in [4.78, 5) is 0. The molecule has 0 N–H and O–H groups in total. The van der Waals surface area contributed by atoms with E-state index in [1.165, 1.54) is 16.7 Å². The zero-order valence-corrected chi connectivity index (χ0v) is 7.30. The molecule has 60 valence electrons. The van der Waals surface area contributed by atoms with Crippen LogP contribution in [0.5, 0.6) is 0 Å². The molecule has 0 aliphatic heterocycles. The van der Waals surface area contributed by atoms with Gasteiger partial charge in [0.05, 0.1) is 0 Å². The molecule has 1 aromatic carbocycles. The fraction of sp³-hybridized carbons (Fsp3) is 0.167. The lowest BCUT2D eigenvalue weighted by molar-refractivity contribution is 1.51. The summed E-state index contributed by atoms with van der Waals surface area (Å²) in [5.74, 6) is 0. The molecule has 1 aliphatic rings. The predicted octanol–water partition coefficient (Wildman–Crippen LogP) is 3.51. The first kappa shape index (κ1) is 7.35. The molecule has 0 saturated heterocycles. The van der Waals surface area contributed by atoms with Gasteiger partial charge in [0.1, 0.15) is 0 Å². The molecule has 0 spiro atoms. The SMILES string of the molecule is C=C(C)c1ccccc1C1=CC1. The van der Waals surface area contributed by atoms with Crippen LogP contribution in [0, 0.1) is 0 Å². The van der Waals surface area contributed by atoms with Gasteiger partial charge in [-0.25, -0.2) is 0 Å². The van der Waals surface area contributed by atoms with Gasteiger partial charge in [-0.15, -0.1) is 0 Å². The van der Waals surface area contributed by atoms with E-state index in [9.17, 15) is 0 Å². The molecule has 12 heavy (non-hydrogen) atoms. The Balaban J connectivity index is 2.51. The largest absolute Gasteiger partial charge is 0.0955 e. The number of hydrogen-bond donors (Lipinski definition) is 0. The summed E-state index contributed by atoms with van der Waals surface area (Å²) in [5.41, 5.74) is 5.28. The second-order valence-electron chi connectivity index (χ2n) is 3.26. The van der Waals surface area contributed by atoms with Crippen molar-refractivity contribution in [2.24, 2.45) is 0 Å². The summed E-state index contributed by atoms with van der Waals surface area (Å²) in [6.07, 6.45) is 3.41. The lowest BCUT2D eigenvalue weighted by Crippen LogP contribution is -1.84. The van der Waals surface area contributed by atoms with E-state index in [-0.39, 0.29) is 0 Å². The van der Waals surface area contributed by atoms with Crippen molar-refractivity contribution in [3.63, 3.8) is 0 Å². The Labute approximate surface area is 73.2 Å². The first-order valence-electron chi connectivity index (χ1n) is 4.23. The Kier molecular flexibility index (Phi) is 1.61. The molecule has 2 rings (SSSR count). The fourth-order valence-electron chi connectivity index (χ4n) is 1.41. The van der Waals surface area contributed by atoms with Crippen molar-refractivity contribution < 1.29 is 0 Å². The van der Waals surface area contributed by atoms with Crippen LogP contribution in [0.4, 0.5) is 0 Å². The van der Waals surface area contributed by atoms with Gasteiger partial charge >= 0.3 is 0 Å². The van der Waals surface area contributed by atoms with Gasteiger partial charge in [0.2, 0.25) is 0 Å². The zero-order valence-electron chi connectivity index (χ0n) is 7.30. The topological polar surface area (TPSA) is 0 Å². The molecule has 0 heterocycles. The van der Waals surface area contributed by atoms with Crippen LogP contribution in [-0.4, -0.2) is 0 Å². The maximum Gasteiger partial charge on any atom is -0.00882 e. The number of hydrogen-bond acceptors (Lipinski definition) is 0. The first-order chi connectivity index (χ1) is 5.79. The highest BCUT2D eigenvalue weighted by molar-refractivity contribution is 5.84. The van der Waals surface area contributed by atoms with Gasteiger partial charge in [0.25, 0.3) is 0 Å². The molecule has 0 unspecified atom stereocenters. The minimum absolute atomic E-state index is 1.15. The highest BCUT2D eigenvalue weighted by Crippen LogP contribution is 2.34. The smallest absolute Gasteiger partial charge is 0.00882 e. The summed E-state index contributed by atoms with van der Waals surface area (Å²) in [5, 5.41) is 0. The van der Waals surface area contributed by atoms with Crippen LogP contribution in [0.1, 0.15) is 24.5 Å². The minimum atomic E-state index is 1.15. The van der Waals surface area contributed by atoms with Crippen LogP contribution in [0.15, 0.2) is 36.9 Å². The van der Waals surface area contributed by atoms with Crippen LogP contribution < -0.4 is 0 Å². The summed E-state index contributed by atoms with van der Waals surface area (Å²) in [6, 6.07) is 8.46. The molecule has 0 nitrogen and oxygen atoms in total. The van der Waals surface area contributed by atoms with Gasteiger partial charge in [-0.3, -0.25) is 0 Å². The lowest BCUT2D eigenvalue weighted by atomic mass is 10.0. The van der Waals surface area contributed by atoms with Crippen molar-refractivity contribution in [3.05, 3.63) is 48.0 Å². The zero-order chi connectivity index (χ0) is 8.55. The number of allylic oxidation sites excluding steroid dienone is 3. The molecule has 0 bridgehead atoms. The number of rotatable bonds is 2. The standard InChI is InChI=1S/C12H12/c1-9(2)11-5-3-4-6-12(11)10-7-8-10/h3-7H,1,8H2,2H3. The van der Waals surface area contributed by atoms with E-state index in [1.807, 2.05) is 0 Å². The van der Waals surface area contributed by atoms with Crippen LogP contribution in [0.2, 0.25) is 0 Å². The van der Waals surface area contributed by atoms with Gasteiger partial charge in [0.15, 0.2) is 0 Å². The lowest BCUT2D eigenvalue weighted by Gasteiger charge is -2.04. The maximum atomic E-state index is 3.97. The van der Waals surface area contributed by atoms with Gasteiger partial charge in [0, 0.05) is 0 Å². The Morgan fingerprint density at radius 3 is 2.58 bits per heavy atom. The molecule has 0 fully saturated rings. The van der Waals surface area contributed by atoms with Crippen LogP contribution >= 0.6 is 0 Å². The van der Waals surface area contributed by atoms with Gasteiger partial charge in [-0.05, 0) is 30.0 Å². The van der Waals surface area contributed by atoms with E-state index in [0.29, 0.717) is 0 Å². The summed E-state index contributed by atoms with van der Waals surface area (Å²) < 4.78 is 0. The van der Waals surface area contributed by atoms with Crippen molar-refractivity contribution in [1.29, 1.82) is 0 Å². The van der Waals surface area contributed by atoms with E-state index in [4.69, 9.17) is 0 Å². The van der Waals surface area contributed by atoms with Crippen molar-refractivity contribution in [2.45, 2.75) is 13.3 Å². The highest BCUT2D eigenvalue weighted by Gasteiger charge is 2.13. The molecule has 0 radical (unpaired) electrons. The monoisotopic (exact) mass is 156 g/mol. The second-order valence-corrected chi connectivity index (χ2v) is 3.26. The molecular formula is C12H12. The summed E-state index contributed by atoms with van der Waals surface area (Å²) >= 11 is 0. The van der Waals surface area contributed by atoms with Crippen molar-refractivity contribution >= 4 is 11.1 Å². The Morgan fingerprint density at radius 2 is 2.00 bits per heavy atom. The molecule has 0 heteroatoms. The number of benzene rings is 1. The average Bonchev–Trinajstić information content (AvgIpc) is 2.87. The van der Waals surface area contributed by atoms with Crippen LogP contribution in [-0.2, 0) is 0 Å². The molecule has 1 aliphatic carbocycles. The molecule has 0 aromatic heterocycles. The van der Waals surface area contributed by atoms with E-state index in [0.717, 1.165) is 12.0 Å². The van der Waals surface area contributed by atoms with Gasteiger partial charge < -0.3 is 0 Å². The molecular weight excluding hydrogens is 144 g/mol. The molecule has 1 aromatic rings. The third-order valence-electron chi connectivity index (χ3n) is 2.14. The minimum Gasteiger partial charge on any atom is -0.0955 e. The normalized spacial score (nSPS) is 13.9. The third kappa shape index (κ3) is 1.20. The molecule has 0 amide bonds. The van der Waals surface area contributed by atoms with Crippen molar-refractivity contribution in [3.8, 4) is 0 Å². The van der Waals surface area contributed by atoms with Crippen molar-refractivity contribution in [2.75, 3.05) is 0 Å². The van der Waals surface area contributed by atoms with E-state index in [2.05, 4.69) is 43.8 Å². The van der Waals surface area contributed by atoms with Gasteiger partial charge in [-0.1, -0.05) is 42.5 Å². The van der Waals surface area contributed by atoms with Crippen LogP contribution in [0.3, 0.4) is 0 Å². The first-order valence-corrected chi connectivity index (χ1v) is 4.23. The Hall–Kier alpha value is -1.30. The molecule has 0 saturated carbocycles.